The Morgan fingerprint density at radius 1 is 1.00 bits per heavy atom. The Kier molecular flexibility index (Phi) is 4.31. The summed E-state index contributed by atoms with van der Waals surface area (Å²) in [7, 11) is 1.69. The quantitative estimate of drug-likeness (QED) is 0.238. The summed E-state index contributed by atoms with van der Waals surface area (Å²) in [5.41, 5.74) is 1.22. The average Bonchev–Trinajstić information content (AvgIpc) is 2.69. The van der Waals surface area contributed by atoms with E-state index in [0.717, 1.165) is 10.8 Å². The lowest BCUT2D eigenvalue weighted by Gasteiger charge is -2.09. The molecule has 128 valence electrons. The molecular formula is C21H16N2O2S. The van der Waals surface area contributed by atoms with Crippen molar-refractivity contribution in [2.75, 3.05) is 5.75 Å². The molecule has 0 amide bonds. The van der Waals surface area contributed by atoms with E-state index in [2.05, 4.69) is 4.98 Å². The van der Waals surface area contributed by atoms with Gasteiger partial charge in [0.2, 0.25) is 0 Å². The van der Waals surface area contributed by atoms with Crippen LogP contribution in [0.3, 0.4) is 0 Å². The standard InChI is InChI=1S/C21H16N2O2S/c1-23-20(25)17-11-15-9-5-6-10-16(15)12-18(17)22-21(23)26-13-19(24)14-7-3-2-4-8-14/h2-12H,13H2,1H3. The second-order valence-corrected chi connectivity index (χ2v) is 7.00. The Labute approximate surface area is 154 Å². The lowest BCUT2D eigenvalue weighted by atomic mass is 10.1. The highest BCUT2D eigenvalue weighted by Crippen LogP contribution is 2.22. The van der Waals surface area contributed by atoms with Crippen LogP contribution in [0, 0.1) is 0 Å². The van der Waals surface area contributed by atoms with Gasteiger partial charge in [-0.05, 0) is 22.9 Å². The van der Waals surface area contributed by atoms with E-state index < -0.39 is 0 Å². The molecule has 0 aliphatic rings. The lowest BCUT2D eigenvalue weighted by molar-refractivity contribution is 0.102. The number of fused-ring (bicyclic) bond motifs is 2. The van der Waals surface area contributed by atoms with E-state index in [4.69, 9.17) is 0 Å². The molecule has 0 atom stereocenters. The number of rotatable bonds is 4. The first-order valence-corrected chi connectivity index (χ1v) is 9.22. The van der Waals surface area contributed by atoms with E-state index in [-0.39, 0.29) is 17.1 Å². The molecule has 1 aromatic heterocycles. The third-order valence-corrected chi connectivity index (χ3v) is 5.36. The fourth-order valence-corrected chi connectivity index (χ4v) is 3.77. The molecule has 1 heterocycles. The number of nitrogens with zero attached hydrogens (tertiary/aromatic N) is 2. The zero-order chi connectivity index (χ0) is 18.1. The highest BCUT2D eigenvalue weighted by Gasteiger charge is 2.12. The van der Waals surface area contributed by atoms with Crippen molar-refractivity contribution >= 4 is 39.2 Å². The van der Waals surface area contributed by atoms with Crippen LogP contribution in [-0.2, 0) is 7.05 Å². The SMILES string of the molecule is Cn1c(SCC(=O)c2ccccc2)nc2cc3ccccc3cc2c1=O. The summed E-state index contributed by atoms with van der Waals surface area (Å²) in [5, 5.41) is 3.18. The molecule has 0 spiro atoms. The van der Waals surface area contributed by atoms with Gasteiger partial charge in [-0.25, -0.2) is 4.98 Å². The van der Waals surface area contributed by atoms with Gasteiger partial charge in [-0.15, -0.1) is 0 Å². The third-order valence-electron chi connectivity index (χ3n) is 4.33. The number of carbonyl (C=O) groups is 1. The van der Waals surface area contributed by atoms with Gasteiger partial charge in [0.15, 0.2) is 10.9 Å². The van der Waals surface area contributed by atoms with Gasteiger partial charge < -0.3 is 0 Å². The predicted molar refractivity (Wildman–Crippen MR) is 106 cm³/mol. The number of hydrogen-bond donors (Lipinski definition) is 0. The minimum atomic E-state index is -0.101. The van der Waals surface area contributed by atoms with Gasteiger partial charge >= 0.3 is 0 Å². The smallest absolute Gasteiger partial charge is 0.261 e. The maximum atomic E-state index is 12.7. The molecule has 0 aliphatic carbocycles. The minimum absolute atomic E-state index is 0.0171. The largest absolute Gasteiger partial charge is 0.293 e. The van der Waals surface area contributed by atoms with Crippen LogP contribution < -0.4 is 5.56 Å². The van der Waals surface area contributed by atoms with Crippen LogP contribution >= 0.6 is 11.8 Å². The van der Waals surface area contributed by atoms with Gasteiger partial charge in [0.25, 0.3) is 5.56 Å². The van der Waals surface area contributed by atoms with Crippen molar-refractivity contribution < 1.29 is 4.79 Å². The molecule has 4 nitrogen and oxygen atoms in total. The van der Waals surface area contributed by atoms with E-state index in [9.17, 15) is 9.59 Å². The van der Waals surface area contributed by atoms with Crippen LogP contribution in [0.1, 0.15) is 10.4 Å². The summed E-state index contributed by atoms with van der Waals surface area (Å²) in [6.45, 7) is 0. The molecule has 0 aliphatic heterocycles. The molecule has 0 fully saturated rings. The van der Waals surface area contributed by atoms with E-state index in [1.54, 1.807) is 19.2 Å². The van der Waals surface area contributed by atoms with E-state index in [1.165, 1.54) is 16.3 Å². The summed E-state index contributed by atoms with van der Waals surface area (Å²) in [5.74, 6) is 0.257. The Hall–Kier alpha value is -2.92. The summed E-state index contributed by atoms with van der Waals surface area (Å²) in [6, 6.07) is 20.8. The average molecular weight is 360 g/mol. The first kappa shape index (κ1) is 16.5. The third kappa shape index (κ3) is 3.02. The first-order valence-electron chi connectivity index (χ1n) is 8.24. The van der Waals surface area contributed by atoms with Crippen LogP contribution in [-0.4, -0.2) is 21.1 Å². The molecule has 0 radical (unpaired) electrons. The number of thioether (sulfide) groups is 1. The van der Waals surface area contributed by atoms with E-state index in [0.29, 0.717) is 21.6 Å². The van der Waals surface area contributed by atoms with Crippen molar-refractivity contribution in [2.24, 2.45) is 7.05 Å². The van der Waals surface area contributed by atoms with Gasteiger partial charge in [-0.1, -0.05) is 66.4 Å². The number of hydrogen-bond acceptors (Lipinski definition) is 4. The van der Waals surface area contributed by atoms with Crippen LogP contribution in [0.2, 0.25) is 0 Å². The number of carbonyl (C=O) groups excluding carboxylic acids is 1. The maximum Gasteiger partial charge on any atom is 0.261 e. The molecule has 0 saturated heterocycles. The Morgan fingerprint density at radius 3 is 2.38 bits per heavy atom. The fraction of sp³-hybridized carbons (Fsp3) is 0.0952. The number of ketones is 1. The number of aromatic nitrogens is 2. The van der Waals surface area contributed by atoms with Crippen LogP contribution in [0.15, 0.2) is 76.7 Å². The van der Waals surface area contributed by atoms with Crippen molar-refractivity contribution in [3.8, 4) is 0 Å². The first-order chi connectivity index (χ1) is 12.6. The Bertz CT molecular complexity index is 1180. The van der Waals surface area contributed by atoms with Gasteiger partial charge in [0.05, 0.1) is 16.7 Å². The van der Waals surface area contributed by atoms with Crippen molar-refractivity contribution in [1.82, 2.24) is 9.55 Å². The normalized spacial score (nSPS) is 11.1. The van der Waals surface area contributed by atoms with Gasteiger partial charge in [-0.2, -0.15) is 0 Å². The molecule has 0 N–H and O–H groups in total. The molecule has 0 unspecified atom stereocenters. The topological polar surface area (TPSA) is 52.0 Å². The van der Waals surface area contributed by atoms with Gasteiger partial charge in [-0.3, -0.25) is 14.2 Å². The Morgan fingerprint density at radius 2 is 1.65 bits per heavy atom. The molecular weight excluding hydrogens is 344 g/mol. The van der Waals surface area contributed by atoms with Crippen molar-refractivity contribution in [2.45, 2.75) is 5.16 Å². The second kappa shape index (κ2) is 6.77. The fourth-order valence-electron chi connectivity index (χ4n) is 2.90. The van der Waals surface area contributed by atoms with Crippen LogP contribution in [0.5, 0.6) is 0 Å². The Balaban J connectivity index is 1.71. The monoisotopic (exact) mass is 360 g/mol. The van der Waals surface area contributed by atoms with E-state index in [1.807, 2.05) is 54.6 Å². The van der Waals surface area contributed by atoms with Gasteiger partial charge in [0.1, 0.15) is 0 Å². The molecule has 4 aromatic rings. The lowest BCUT2D eigenvalue weighted by Crippen LogP contribution is -2.20. The number of benzene rings is 3. The van der Waals surface area contributed by atoms with E-state index >= 15 is 0 Å². The highest BCUT2D eigenvalue weighted by atomic mass is 32.2. The molecule has 5 heteroatoms. The van der Waals surface area contributed by atoms with Crippen molar-refractivity contribution in [3.63, 3.8) is 0 Å². The summed E-state index contributed by atoms with van der Waals surface area (Å²) >= 11 is 1.29. The number of Topliss-reactive ketones (excluding diaryl/α,β-unsaturated/α-hetero) is 1. The predicted octanol–water partition coefficient (Wildman–Crippen LogP) is 4.06. The molecule has 0 bridgehead atoms. The minimum Gasteiger partial charge on any atom is -0.293 e. The van der Waals surface area contributed by atoms with Crippen LogP contribution in [0.4, 0.5) is 0 Å². The molecule has 4 rings (SSSR count). The maximum absolute atomic E-state index is 12.7. The summed E-state index contributed by atoms with van der Waals surface area (Å²) < 4.78 is 1.51. The highest BCUT2D eigenvalue weighted by molar-refractivity contribution is 7.99. The van der Waals surface area contributed by atoms with Gasteiger partial charge in [0, 0.05) is 12.6 Å². The molecule has 0 saturated carbocycles. The van der Waals surface area contributed by atoms with Crippen LogP contribution in [0.25, 0.3) is 21.7 Å². The molecule has 3 aromatic carbocycles. The second-order valence-electron chi connectivity index (χ2n) is 6.05. The zero-order valence-corrected chi connectivity index (χ0v) is 15.0. The molecule has 26 heavy (non-hydrogen) atoms. The van der Waals surface area contributed by atoms with Crippen molar-refractivity contribution in [3.05, 3.63) is 82.6 Å². The summed E-state index contributed by atoms with van der Waals surface area (Å²) in [4.78, 5) is 29.7. The summed E-state index contributed by atoms with van der Waals surface area (Å²) in [6.07, 6.45) is 0. The zero-order valence-electron chi connectivity index (χ0n) is 14.2. The van der Waals surface area contributed by atoms with Crippen molar-refractivity contribution in [1.29, 1.82) is 0 Å².